The number of hydrogen-bond donors (Lipinski definition) is 1. The fourth-order valence-corrected chi connectivity index (χ4v) is 5.39. The minimum absolute atomic E-state index is 0.0114. The van der Waals surface area contributed by atoms with Gasteiger partial charge in [0.25, 0.3) is 5.69 Å². The van der Waals surface area contributed by atoms with Gasteiger partial charge in [-0.25, -0.2) is 8.42 Å². The molecule has 32 heavy (non-hydrogen) atoms. The van der Waals surface area contributed by atoms with E-state index in [4.69, 9.17) is 9.47 Å². The normalized spacial score (nSPS) is 16.9. The van der Waals surface area contributed by atoms with E-state index in [1.807, 2.05) is 0 Å². The van der Waals surface area contributed by atoms with E-state index in [9.17, 15) is 23.3 Å². The molecule has 1 aliphatic heterocycles. The maximum absolute atomic E-state index is 13.3. The summed E-state index contributed by atoms with van der Waals surface area (Å²) in [6.07, 6.45) is 0.999. The van der Waals surface area contributed by atoms with Crippen LogP contribution in [0.25, 0.3) is 0 Å². The zero-order valence-electron chi connectivity index (χ0n) is 18.0. The lowest BCUT2D eigenvalue weighted by Gasteiger charge is -2.31. The number of methoxy groups -OCH3 is 2. The number of amides is 1. The summed E-state index contributed by atoms with van der Waals surface area (Å²) >= 11 is 0. The van der Waals surface area contributed by atoms with Crippen LogP contribution in [0.3, 0.4) is 0 Å². The van der Waals surface area contributed by atoms with Gasteiger partial charge in [0, 0.05) is 25.2 Å². The molecule has 0 bridgehead atoms. The van der Waals surface area contributed by atoms with Crippen molar-refractivity contribution in [1.29, 1.82) is 0 Å². The summed E-state index contributed by atoms with van der Waals surface area (Å²) in [5.74, 6) is -0.429. The Hall–Kier alpha value is -3.18. The first-order chi connectivity index (χ1) is 15.2. The first-order valence-electron chi connectivity index (χ1n) is 9.96. The third kappa shape index (κ3) is 4.68. The van der Waals surface area contributed by atoms with Crippen LogP contribution in [0.5, 0.6) is 11.5 Å². The largest absolute Gasteiger partial charge is 0.497 e. The summed E-state index contributed by atoms with van der Waals surface area (Å²) < 4.78 is 38.3. The van der Waals surface area contributed by atoms with Crippen LogP contribution >= 0.6 is 0 Å². The smallest absolute Gasteiger partial charge is 0.274 e. The fraction of sp³-hybridized carbons (Fsp3) is 0.381. The Morgan fingerprint density at radius 3 is 2.62 bits per heavy atom. The van der Waals surface area contributed by atoms with Crippen molar-refractivity contribution < 1.29 is 27.6 Å². The van der Waals surface area contributed by atoms with Crippen LogP contribution < -0.4 is 14.8 Å². The van der Waals surface area contributed by atoms with Gasteiger partial charge >= 0.3 is 0 Å². The molecule has 0 aliphatic carbocycles. The second-order valence-electron chi connectivity index (χ2n) is 7.42. The number of piperidine rings is 1. The molecule has 10 nitrogen and oxygen atoms in total. The van der Waals surface area contributed by atoms with Gasteiger partial charge in [0.15, 0.2) is 0 Å². The fourth-order valence-electron chi connectivity index (χ4n) is 3.69. The van der Waals surface area contributed by atoms with E-state index in [2.05, 4.69) is 5.32 Å². The maximum atomic E-state index is 13.3. The number of sulfonamides is 1. The van der Waals surface area contributed by atoms with Crippen molar-refractivity contribution >= 4 is 27.3 Å². The highest BCUT2D eigenvalue weighted by atomic mass is 32.2. The van der Waals surface area contributed by atoms with Crippen molar-refractivity contribution in [3.05, 3.63) is 52.1 Å². The van der Waals surface area contributed by atoms with Gasteiger partial charge in [0.2, 0.25) is 15.9 Å². The monoisotopic (exact) mass is 463 g/mol. The number of hydrogen-bond acceptors (Lipinski definition) is 7. The van der Waals surface area contributed by atoms with Crippen LogP contribution in [-0.4, -0.2) is 50.9 Å². The molecule has 172 valence electrons. The summed E-state index contributed by atoms with van der Waals surface area (Å²) in [4.78, 5) is 23.5. The number of benzene rings is 2. The quantitative estimate of drug-likeness (QED) is 0.494. The molecule has 1 N–H and O–H groups in total. The third-order valence-corrected chi connectivity index (χ3v) is 7.39. The van der Waals surface area contributed by atoms with Gasteiger partial charge in [0.1, 0.15) is 16.4 Å². The van der Waals surface area contributed by atoms with Gasteiger partial charge in [-0.2, -0.15) is 4.31 Å². The van der Waals surface area contributed by atoms with Crippen LogP contribution in [0.2, 0.25) is 0 Å². The van der Waals surface area contributed by atoms with E-state index in [1.54, 1.807) is 19.1 Å². The maximum Gasteiger partial charge on any atom is 0.274 e. The minimum atomic E-state index is -3.94. The van der Waals surface area contributed by atoms with Crippen molar-refractivity contribution in [2.45, 2.75) is 24.7 Å². The highest BCUT2D eigenvalue weighted by Crippen LogP contribution is 2.33. The lowest BCUT2D eigenvalue weighted by Crippen LogP contribution is -2.43. The van der Waals surface area contributed by atoms with Gasteiger partial charge in [-0.3, -0.25) is 14.9 Å². The van der Waals surface area contributed by atoms with E-state index in [0.29, 0.717) is 29.8 Å². The van der Waals surface area contributed by atoms with E-state index < -0.39 is 20.9 Å². The Kier molecular flexibility index (Phi) is 6.99. The molecule has 11 heteroatoms. The molecular formula is C21H25N3O7S. The molecule has 2 aromatic rings. The summed E-state index contributed by atoms with van der Waals surface area (Å²) in [5, 5.41) is 13.9. The number of nitro benzene ring substituents is 1. The van der Waals surface area contributed by atoms with Gasteiger partial charge in [-0.15, -0.1) is 0 Å². The standard InChI is InChI=1S/C21H25N3O7S/c1-14-17(7-4-8-18(14)24(26)27)22-21(25)15-6-5-11-23(13-15)32(28,29)20-12-16(30-2)9-10-19(20)31-3/h4,7-10,12,15H,5-6,11,13H2,1-3H3,(H,22,25). The topological polar surface area (TPSA) is 128 Å². The van der Waals surface area contributed by atoms with Gasteiger partial charge in [-0.1, -0.05) is 6.07 Å². The molecule has 1 fully saturated rings. The van der Waals surface area contributed by atoms with E-state index in [0.717, 1.165) is 0 Å². The summed E-state index contributed by atoms with van der Waals surface area (Å²) in [6.45, 7) is 1.81. The van der Waals surface area contributed by atoms with E-state index in [-0.39, 0.29) is 35.3 Å². The molecule has 1 heterocycles. The molecule has 0 aromatic heterocycles. The first-order valence-corrected chi connectivity index (χ1v) is 11.4. The van der Waals surface area contributed by atoms with Crippen LogP contribution in [0.15, 0.2) is 41.3 Å². The number of ether oxygens (including phenoxy) is 2. The van der Waals surface area contributed by atoms with Crippen molar-refractivity contribution in [1.82, 2.24) is 4.31 Å². The zero-order valence-corrected chi connectivity index (χ0v) is 18.8. The lowest BCUT2D eigenvalue weighted by molar-refractivity contribution is -0.385. The Balaban J connectivity index is 1.82. The molecule has 2 aromatic carbocycles. The van der Waals surface area contributed by atoms with Crippen molar-refractivity contribution in [2.75, 3.05) is 32.6 Å². The SMILES string of the molecule is COc1ccc(OC)c(S(=O)(=O)N2CCCC(C(=O)Nc3cccc([N+](=O)[O-])c3C)C2)c1. The average molecular weight is 464 g/mol. The molecule has 1 unspecified atom stereocenters. The van der Waals surface area contributed by atoms with Crippen molar-refractivity contribution in [2.24, 2.45) is 5.92 Å². The lowest BCUT2D eigenvalue weighted by atomic mass is 9.98. The highest BCUT2D eigenvalue weighted by molar-refractivity contribution is 7.89. The Morgan fingerprint density at radius 1 is 1.22 bits per heavy atom. The van der Waals surface area contributed by atoms with Crippen molar-refractivity contribution in [3.63, 3.8) is 0 Å². The van der Waals surface area contributed by atoms with E-state index >= 15 is 0 Å². The van der Waals surface area contributed by atoms with Gasteiger partial charge < -0.3 is 14.8 Å². The van der Waals surface area contributed by atoms with Crippen LogP contribution in [0.1, 0.15) is 18.4 Å². The molecule has 3 rings (SSSR count). The predicted molar refractivity (Wildman–Crippen MR) is 117 cm³/mol. The van der Waals surface area contributed by atoms with Crippen LogP contribution in [0.4, 0.5) is 11.4 Å². The Labute approximate surface area is 186 Å². The highest BCUT2D eigenvalue weighted by Gasteiger charge is 2.35. The molecule has 1 atom stereocenters. The van der Waals surface area contributed by atoms with Gasteiger partial charge in [-0.05, 0) is 38.0 Å². The van der Waals surface area contributed by atoms with Gasteiger partial charge in [0.05, 0.1) is 36.3 Å². The minimum Gasteiger partial charge on any atom is -0.497 e. The Morgan fingerprint density at radius 2 is 1.97 bits per heavy atom. The number of nitro groups is 1. The molecule has 0 radical (unpaired) electrons. The molecule has 1 amide bonds. The number of nitrogens with zero attached hydrogens (tertiary/aromatic N) is 2. The number of anilines is 1. The summed E-state index contributed by atoms with van der Waals surface area (Å²) in [7, 11) is -1.12. The van der Waals surface area contributed by atoms with E-state index in [1.165, 1.54) is 42.8 Å². The number of carbonyl (C=O) groups is 1. The number of carbonyl (C=O) groups excluding carboxylic acids is 1. The molecule has 0 saturated carbocycles. The Bertz CT molecular complexity index is 1130. The number of nitrogens with one attached hydrogen (secondary N) is 1. The number of rotatable bonds is 7. The molecule has 1 aliphatic rings. The zero-order chi connectivity index (χ0) is 23.5. The second kappa shape index (κ2) is 9.53. The third-order valence-electron chi connectivity index (χ3n) is 5.50. The van der Waals surface area contributed by atoms with Crippen LogP contribution in [0, 0.1) is 23.0 Å². The van der Waals surface area contributed by atoms with Crippen LogP contribution in [-0.2, 0) is 14.8 Å². The average Bonchev–Trinajstić information content (AvgIpc) is 2.79. The molecule has 0 spiro atoms. The first kappa shape index (κ1) is 23.5. The molecule has 1 saturated heterocycles. The predicted octanol–water partition coefficient (Wildman–Crippen LogP) is 2.96. The molecular weight excluding hydrogens is 438 g/mol. The summed E-state index contributed by atoms with van der Waals surface area (Å²) in [6, 6.07) is 8.95. The second-order valence-corrected chi connectivity index (χ2v) is 9.32. The van der Waals surface area contributed by atoms with Crippen molar-refractivity contribution in [3.8, 4) is 11.5 Å². The summed E-state index contributed by atoms with van der Waals surface area (Å²) in [5.41, 5.74) is 0.576.